The van der Waals surface area contributed by atoms with Gasteiger partial charge in [-0.1, -0.05) is 0 Å². The van der Waals surface area contributed by atoms with Crippen LogP contribution in [-0.2, 0) is 4.79 Å². The Bertz CT molecular complexity index is 960. The number of fused-ring (bicyclic) bond motifs is 1. The number of benzene rings is 2. The van der Waals surface area contributed by atoms with Crippen LogP contribution < -0.4 is 10.1 Å². The van der Waals surface area contributed by atoms with E-state index in [1.807, 2.05) is 6.26 Å². The standard InChI is InChI=1S/C18H15N3O4S/c1-26-11-18(22)20-12-2-4-13(5-3-12)25-17-7-6-16(21(23)24)15-10-19-9-8-14(15)17/h2-10H,11H2,1H3,(H,20,22). The summed E-state index contributed by atoms with van der Waals surface area (Å²) in [7, 11) is 0. The van der Waals surface area contributed by atoms with Gasteiger partial charge in [-0.05, 0) is 42.7 Å². The summed E-state index contributed by atoms with van der Waals surface area (Å²) in [6.07, 6.45) is 4.87. The van der Waals surface area contributed by atoms with Crippen LogP contribution in [0.2, 0.25) is 0 Å². The molecule has 8 heteroatoms. The summed E-state index contributed by atoms with van der Waals surface area (Å²) in [5.41, 5.74) is 0.654. The molecule has 0 atom stereocenters. The number of non-ortho nitro benzene ring substituents is 1. The summed E-state index contributed by atoms with van der Waals surface area (Å²) < 4.78 is 5.87. The van der Waals surface area contributed by atoms with Gasteiger partial charge in [0.15, 0.2) is 0 Å². The molecule has 0 aliphatic carbocycles. The number of pyridine rings is 1. The van der Waals surface area contributed by atoms with E-state index in [1.54, 1.807) is 42.6 Å². The number of aromatic nitrogens is 1. The predicted molar refractivity (Wildman–Crippen MR) is 102 cm³/mol. The number of carbonyl (C=O) groups excluding carboxylic acids is 1. The maximum Gasteiger partial charge on any atom is 0.279 e. The zero-order valence-corrected chi connectivity index (χ0v) is 14.7. The van der Waals surface area contributed by atoms with Crippen LogP contribution in [0.3, 0.4) is 0 Å². The van der Waals surface area contributed by atoms with Crippen LogP contribution in [0, 0.1) is 10.1 Å². The van der Waals surface area contributed by atoms with E-state index >= 15 is 0 Å². The van der Waals surface area contributed by atoms with Gasteiger partial charge in [-0.15, -0.1) is 0 Å². The minimum atomic E-state index is -0.445. The summed E-state index contributed by atoms with van der Waals surface area (Å²) in [5, 5.41) is 15.0. The van der Waals surface area contributed by atoms with Gasteiger partial charge in [0, 0.05) is 29.5 Å². The van der Waals surface area contributed by atoms with Crippen molar-refractivity contribution in [1.29, 1.82) is 0 Å². The summed E-state index contributed by atoms with van der Waals surface area (Å²) in [4.78, 5) is 26.3. The molecular weight excluding hydrogens is 354 g/mol. The van der Waals surface area contributed by atoms with Crippen molar-refractivity contribution in [3.63, 3.8) is 0 Å². The van der Waals surface area contributed by atoms with Crippen LogP contribution in [0.15, 0.2) is 54.9 Å². The SMILES string of the molecule is CSCC(=O)Nc1ccc(Oc2ccc([N+](=O)[O-])c3cnccc23)cc1. The molecule has 0 bridgehead atoms. The molecule has 3 rings (SSSR count). The molecular formula is C18H15N3O4S. The van der Waals surface area contributed by atoms with Crippen molar-refractivity contribution in [3.8, 4) is 11.5 Å². The molecule has 0 saturated carbocycles. The fourth-order valence-electron chi connectivity index (χ4n) is 2.46. The lowest BCUT2D eigenvalue weighted by atomic mass is 10.1. The number of ether oxygens (including phenoxy) is 1. The lowest BCUT2D eigenvalue weighted by Gasteiger charge is -2.10. The van der Waals surface area contributed by atoms with Crippen LogP contribution in [0.5, 0.6) is 11.5 Å². The van der Waals surface area contributed by atoms with Crippen LogP contribution in [0.4, 0.5) is 11.4 Å². The molecule has 1 amide bonds. The number of rotatable bonds is 6. The van der Waals surface area contributed by atoms with Crippen molar-refractivity contribution in [1.82, 2.24) is 4.98 Å². The summed E-state index contributed by atoms with van der Waals surface area (Å²) >= 11 is 1.45. The Morgan fingerprint density at radius 2 is 1.96 bits per heavy atom. The molecule has 3 aromatic rings. The Kier molecular flexibility index (Phi) is 5.33. The van der Waals surface area contributed by atoms with E-state index in [2.05, 4.69) is 10.3 Å². The molecule has 7 nitrogen and oxygen atoms in total. The fourth-order valence-corrected chi connectivity index (χ4v) is 2.79. The largest absolute Gasteiger partial charge is 0.457 e. The summed E-state index contributed by atoms with van der Waals surface area (Å²) in [6, 6.07) is 11.6. The fraction of sp³-hybridized carbons (Fsp3) is 0.111. The number of hydrogen-bond acceptors (Lipinski definition) is 6. The second-order valence-corrected chi connectivity index (χ2v) is 6.23. The Labute approximate surface area is 153 Å². The lowest BCUT2D eigenvalue weighted by Crippen LogP contribution is -2.13. The third-order valence-electron chi connectivity index (χ3n) is 3.59. The van der Waals surface area contributed by atoms with Crippen LogP contribution >= 0.6 is 11.8 Å². The van der Waals surface area contributed by atoms with E-state index < -0.39 is 4.92 Å². The third kappa shape index (κ3) is 3.92. The number of nitro groups is 1. The number of carbonyl (C=O) groups is 1. The molecule has 0 saturated heterocycles. The first-order chi connectivity index (χ1) is 12.6. The number of thioether (sulfide) groups is 1. The highest BCUT2D eigenvalue weighted by molar-refractivity contribution is 7.99. The van der Waals surface area contributed by atoms with E-state index in [9.17, 15) is 14.9 Å². The topological polar surface area (TPSA) is 94.4 Å². The zero-order chi connectivity index (χ0) is 18.5. The average molecular weight is 369 g/mol. The van der Waals surface area contributed by atoms with Gasteiger partial charge in [0.2, 0.25) is 5.91 Å². The Hall–Kier alpha value is -3.13. The summed E-state index contributed by atoms with van der Waals surface area (Å²) in [5.74, 6) is 1.37. The molecule has 0 aliphatic rings. The normalized spacial score (nSPS) is 10.5. The van der Waals surface area contributed by atoms with Crippen molar-refractivity contribution in [3.05, 3.63) is 65.0 Å². The Morgan fingerprint density at radius 1 is 1.19 bits per heavy atom. The van der Waals surface area contributed by atoms with E-state index in [-0.39, 0.29) is 11.6 Å². The van der Waals surface area contributed by atoms with Gasteiger partial charge in [0.1, 0.15) is 11.5 Å². The van der Waals surface area contributed by atoms with Gasteiger partial charge >= 0.3 is 0 Å². The minimum absolute atomic E-state index is 0.0210. The van der Waals surface area contributed by atoms with Gasteiger partial charge in [-0.2, -0.15) is 11.8 Å². The van der Waals surface area contributed by atoms with E-state index in [0.717, 1.165) is 0 Å². The summed E-state index contributed by atoms with van der Waals surface area (Å²) in [6.45, 7) is 0. The smallest absolute Gasteiger partial charge is 0.279 e. The highest BCUT2D eigenvalue weighted by Crippen LogP contribution is 2.35. The molecule has 0 unspecified atom stereocenters. The highest BCUT2D eigenvalue weighted by Gasteiger charge is 2.15. The van der Waals surface area contributed by atoms with Crippen molar-refractivity contribution in [2.75, 3.05) is 17.3 Å². The number of nitrogens with zero attached hydrogens (tertiary/aromatic N) is 2. The second kappa shape index (κ2) is 7.83. The van der Waals surface area contributed by atoms with Gasteiger partial charge < -0.3 is 10.1 Å². The quantitative estimate of drug-likeness (QED) is 0.516. The maximum atomic E-state index is 11.6. The van der Waals surface area contributed by atoms with Crippen molar-refractivity contribution in [2.24, 2.45) is 0 Å². The zero-order valence-electron chi connectivity index (χ0n) is 13.8. The first-order valence-corrected chi connectivity index (χ1v) is 9.05. The molecule has 0 spiro atoms. The number of nitrogens with one attached hydrogen (secondary N) is 1. The lowest BCUT2D eigenvalue weighted by molar-refractivity contribution is -0.383. The Balaban J connectivity index is 1.84. The molecule has 26 heavy (non-hydrogen) atoms. The number of hydrogen-bond donors (Lipinski definition) is 1. The van der Waals surface area contributed by atoms with Gasteiger partial charge in [0.05, 0.1) is 16.1 Å². The molecule has 2 aromatic carbocycles. The molecule has 0 aliphatic heterocycles. The van der Waals surface area contributed by atoms with E-state index in [0.29, 0.717) is 33.7 Å². The van der Waals surface area contributed by atoms with Crippen LogP contribution in [-0.4, -0.2) is 27.8 Å². The van der Waals surface area contributed by atoms with Gasteiger partial charge in [-0.3, -0.25) is 19.9 Å². The van der Waals surface area contributed by atoms with E-state index in [1.165, 1.54) is 24.0 Å². The van der Waals surface area contributed by atoms with Crippen LogP contribution in [0.1, 0.15) is 0 Å². The molecule has 1 heterocycles. The molecule has 0 fully saturated rings. The minimum Gasteiger partial charge on any atom is -0.457 e. The van der Waals surface area contributed by atoms with Gasteiger partial charge in [-0.25, -0.2) is 0 Å². The predicted octanol–water partition coefficient (Wildman–Crippen LogP) is 4.24. The van der Waals surface area contributed by atoms with Crippen molar-refractivity contribution in [2.45, 2.75) is 0 Å². The number of amides is 1. The van der Waals surface area contributed by atoms with Crippen molar-refractivity contribution >= 4 is 39.8 Å². The van der Waals surface area contributed by atoms with Crippen LogP contribution in [0.25, 0.3) is 10.8 Å². The Morgan fingerprint density at radius 3 is 2.65 bits per heavy atom. The maximum absolute atomic E-state index is 11.6. The second-order valence-electron chi connectivity index (χ2n) is 5.37. The monoisotopic (exact) mass is 369 g/mol. The molecule has 1 aromatic heterocycles. The van der Waals surface area contributed by atoms with E-state index in [4.69, 9.17) is 4.74 Å². The first kappa shape index (κ1) is 17.7. The van der Waals surface area contributed by atoms with Gasteiger partial charge in [0.25, 0.3) is 5.69 Å². The molecule has 132 valence electrons. The average Bonchev–Trinajstić information content (AvgIpc) is 2.63. The highest BCUT2D eigenvalue weighted by atomic mass is 32.2. The molecule has 0 radical (unpaired) electrons. The molecule has 1 N–H and O–H groups in total. The number of anilines is 1. The third-order valence-corrected chi connectivity index (χ3v) is 4.14. The first-order valence-electron chi connectivity index (χ1n) is 7.66. The van der Waals surface area contributed by atoms with Crippen molar-refractivity contribution < 1.29 is 14.5 Å². The number of nitro benzene ring substituents is 1.